The second kappa shape index (κ2) is 7.05. The van der Waals surface area contributed by atoms with Crippen molar-refractivity contribution in [2.45, 2.75) is 13.0 Å². The van der Waals surface area contributed by atoms with Crippen LogP contribution in [-0.4, -0.2) is 36.0 Å². The Labute approximate surface area is 148 Å². The van der Waals surface area contributed by atoms with Gasteiger partial charge in [-0.1, -0.05) is 23.2 Å². The number of aromatic nitrogens is 1. The van der Waals surface area contributed by atoms with E-state index < -0.39 is 0 Å². The molecule has 0 atom stereocenters. The molecule has 3 rings (SSSR count). The van der Waals surface area contributed by atoms with E-state index in [9.17, 15) is 4.79 Å². The molecule has 23 heavy (non-hydrogen) atoms. The summed E-state index contributed by atoms with van der Waals surface area (Å²) in [5.74, 6) is 0.106. The van der Waals surface area contributed by atoms with Crippen molar-refractivity contribution in [1.29, 1.82) is 0 Å². The average molecular weight is 372 g/mol. The summed E-state index contributed by atoms with van der Waals surface area (Å²) in [6.45, 7) is 1.71. The number of anilines is 1. The Morgan fingerprint density at radius 2 is 2.30 bits per heavy atom. The maximum absolute atomic E-state index is 12.0. The molecule has 0 fully saturated rings. The largest absolute Gasteiger partial charge is 0.482 e. The van der Waals surface area contributed by atoms with Gasteiger partial charge in [0.15, 0.2) is 11.7 Å². The molecule has 0 spiro atoms. The van der Waals surface area contributed by atoms with E-state index >= 15 is 0 Å². The number of likely N-dealkylation sites (N-methyl/N-ethyl adjacent to an activating group) is 1. The number of hydrogen-bond donors (Lipinski definition) is 1. The maximum atomic E-state index is 12.0. The predicted molar refractivity (Wildman–Crippen MR) is 92.7 cm³/mol. The lowest BCUT2D eigenvalue weighted by molar-refractivity contribution is -0.118. The third-order valence-corrected chi connectivity index (χ3v) is 4.97. The molecule has 1 aliphatic rings. The lowest BCUT2D eigenvalue weighted by atomic mass is 10.2. The third kappa shape index (κ3) is 4.14. The van der Waals surface area contributed by atoms with Crippen LogP contribution < -0.4 is 10.1 Å². The van der Waals surface area contributed by atoms with E-state index in [2.05, 4.69) is 22.2 Å². The topological polar surface area (TPSA) is 54.5 Å². The lowest BCUT2D eigenvalue weighted by Gasteiger charge is -2.20. The fraction of sp³-hybridized carbons (Fsp3) is 0.333. The summed E-state index contributed by atoms with van der Waals surface area (Å²) in [5.41, 5.74) is 1.07. The van der Waals surface area contributed by atoms with E-state index in [0.717, 1.165) is 25.2 Å². The van der Waals surface area contributed by atoms with Gasteiger partial charge in [-0.3, -0.25) is 10.1 Å². The molecule has 2 aromatic rings. The van der Waals surface area contributed by atoms with Gasteiger partial charge in [0.05, 0.1) is 10.7 Å². The number of carbonyl (C=O) groups is 1. The molecule has 0 radical (unpaired) electrons. The Hall–Kier alpha value is -1.34. The number of fused-ring (bicyclic) bond motifs is 1. The van der Waals surface area contributed by atoms with E-state index in [-0.39, 0.29) is 12.5 Å². The van der Waals surface area contributed by atoms with Crippen LogP contribution in [-0.2, 0) is 17.8 Å². The molecule has 1 aromatic heterocycles. The Morgan fingerprint density at radius 1 is 1.48 bits per heavy atom. The molecule has 1 amide bonds. The number of rotatable bonds is 4. The molecule has 0 bridgehead atoms. The molecule has 122 valence electrons. The van der Waals surface area contributed by atoms with Crippen molar-refractivity contribution < 1.29 is 9.53 Å². The van der Waals surface area contributed by atoms with Gasteiger partial charge < -0.3 is 9.64 Å². The highest BCUT2D eigenvalue weighted by molar-refractivity contribution is 7.15. The summed E-state index contributed by atoms with van der Waals surface area (Å²) >= 11 is 13.4. The van der Waals surface area contributed by atoms with E-state index in [1.54, 1.807) is 18.2 Å². The van der Waals surface area contributed by atoms with Gasteiger partial charge in [0, 0.05) is 35.5 Å². The van der Waals surface area contributed by atoms with E-state index in [1.165, 1.54) is 16.2 Å². The first-order valence-corrected chi connectivity index (χ1v) is 8.63. The van der Waals surface area contributed by atoms with Crippen LogP contribution in [0.3, 0.4) is 0 Å². The fourth-order valence-electron chi connectivity index (χ4n) is 2.26. The summed E-state index contributed by atoms with van der Waals surface area (Å²) in [6, 6.07) is 4.87. The van der Waals surface area contributed by atoms with Crippen molar-refractivity contribution in [3.05, 3.63) is 38.8 Å². The molecule has 0 saturated heterocycles. The minimum atomic E-state index is -0.277. The molecule has 0 aliphatic carbocycles. The zero-order valence-corrected chi connectivity index (χ0v) is 14.8. The summed E-state index contributed by atoms with van der Waals surface area (Å²) in [4.78, 5) is 19.9. The Balaban J connectivity index is 1.58. The van der Waals surface area contributed by atoms with Crippen molar-refractivity contribution in [2.75, 3.05) is 25.5 Å². The van der Waals surface area contributed by atoms with Crippen molar-refractivity contribution >= 4 is 45.6 Å². The smallest absolute Gasteiger partial charge is 0.264 e. The number of thiazole rings is 1. The fourth-order valence-corrected chi connectivity index (χ4v) is 3.70. The van der Waals surface area contributed by atoms with Gasteiger partial charge in [0.1, 0.15) is 5.75 Å². The number of amides is 1. The van der Waals surface area contributed by atoms with Crippen molar-refractivity contribution in [2.24, 2.45) is 0 Å². The molecule has 2 heterocycles. The van der Waals surface area contributed by atoms with Gasteiger partial charge >= 0.3 is 0 Å². The summed E-state index contributed by atoms with van der Waals surface area (Å²) in [5, 5.41) is 4.29. The lowest BCUT2D eigenvalue weighted by Crippen LogP contribution is -2.25. The molecule has 0 saturated carbocycles. The zero-order chi connectivity index (χ0) is 16.4. The average Bonchev–Trinajstić information content (AvgIpc) is 2.89. The normalized spacial score (nSPS) is 14.4. The predicted octanol–water partition coefficient (Wildman–Crippen LogP) is 3.46. The molecule has 0 unspecified atom stereocenters. The number of nitrogens with one attached hydrogen (secondary N) is 1. The highest BCUT2D eigenvalue weighted by atomic mass is 35.5. The number of halogens is 2. The van der Waals surface area contributed by atoms with Gasteiger partial charge in [0.25, 0.3) is 5.91 Å². The van der Waals surface area contributed by atoms with Gasteiger partial charge in [-0.2, -0.15) is 0 Å². The van der Waals surface area contributed by atoms with Crippen LogP contribution in [0, 0.1) is 0 Å². The highest BCUT2D eigenvalue weighted by Gasteiger charge is 2.19. The molecule has 1 aliphatic heterocycles. The van der Waals surface area contributed by atoms with E-state index in [1.807, 2.05) is 0 Å². The second-order valence-electron chi connectivity index (χ2n) is 5.29. The number of ether oxygens (including phenoxy) is 1. The zero-order valence-electron chi connectivity index (χ0n) is 12.4. The highest BCUT2D eigenvalue weighted by Crippen LogP contribution is 2.29. The Kier molecular flexibility index (Phi) is 5.06. The molecular formula is C15H15Cl2N3O2S. The minimum absolute atomic E-state index is 0.149. The SMILES string of the molecule is CN1CCc2nc(NC(=O)COc3cc(Cl)ccc3Cl)sc2C1. The molecular weight excluding hydrogens is 357 g/mol. The van der Waals surface area contributed by atoms with Crippen LogP contribution in [0.5, 0.6) is 5.75 Å². The quantitative estimate of drug-likeness (QED) is 0.893. The third-order valence-electron chi connectivity index (χ3n) is 3.42. The maximum Gasteiger partial charge on any atom is 0.264 e. The number of hydrogen-bond acceptors (Lipinski definition) is 5. The Morgan fingerprint density at radius 3 is 3.13 bits per heavy atom. The first-order valence-electron chi connectivity index (χ1n) is 7.06. The number of nitrogens with zero attached hydrogens (tertiary/aromatic N) is 2. The summed E-state index contributed by atoms with van der Waals surface area (Å²) in [6.07, 6.45) is 0.910. The number of carbonyl (C=O) groups excluding carboxylic acids is 1. The molecule has 8 heteroatoms. The first kappa shape index (κ1) is 16.5. The Bertz CT molecular complexity index is 736. The van der Waals surface area contributed by atoms with Gasteiger partial charge in [-0.05, 0) is 19.2 Å². The van der Waals surface area contributed by atoms with E-state index in [0.29, 0.717) is 20.9 Å². The molecule has 1 aromatic carbocycles. The number of benzene rings is 1. The summed E-state index contributed by atoms with van der Waals surface area (Å²) < 4.78 is 5.41. The minimum Gasteiger partial charge on any atom is -0.482 e. The van der Waals surface area contributed by atoms with Gasteiger partial charge in [-0.15, -0.1) is 11.3 Å². The van der Waals surface area contributed by atoms with Crippen molar-refractivity contribution in [3.63, 3.8) is 0 Å². The van der Waals surface area contributed by atoms with Crippen LogP contribution in [0.1, 0.15) is 10.6 Å². The second-order valence-corrected chi connectivity index (χ2v) is 7.22. The van der Waals surface area contributed by atoms with Crippen LogP contribution in [0.4, 0.5) is 5.13 Å². The van der Waals surface area contributed by atoms with Gasteiger partial charge in [-0.25, -0.2) is 4.98 Å². The van der Waals surface area contributed by atoms with Crippen molar-refractivity contribution in [1.82, 2.24) is 9.88 Å². The summed E-state index contributed by atoms with van der Waals surface area (Å²) in [7, 11) is 2.07. The van der Waals surface area contributed by atoms with Crippen molar-refractivity contribution in [3.8, 4) is 5.75 Å². The van der Waals surface area contributed by atoms with Crippen LogP contribution in [0.2, 0.25) is 10.0 Å². The van der Waals surface area contributed by atoms with Crippen LogP contribution in [0.15, 0.2) is 18.2 Å². The van der Waals surface area contributed by atoms with Crippen LogP contribution in [0.25, 0.3) is 0 Å². The standard InChI is InChI=1S/C15H15Cl2N3O2S/c1-20-5-4-11-13(7-20)23-15(18-11)19-14(21)8-22-12-6-9(16)2-3-10(12)17/h2-3,6H,4-5,7-8H2,1H3,(H,18,19,21). The first-order chi connectivity index (χ1) is 11.0. The molecule has 1 N–H and O–H groups in total. The van der Waals surface area contributed by atoms with E-state index in [4.69, 9.17) is 27.9 Å². The van der Waals surface area contributed by atoms with Gasteiger partial charge in [0.2, 0.25) is 0 Å². The van der Waals surface area contributed by atoms with Crippen LogP contribution >= 0.6 is 34.5 Å². The molecule has 5 nitrogen and oxygen atoms in total. The monoisotopic (exact) mass is 371 g/mol.